The van der Waals surface area contributed by atoms with Crippen LogP contribution in [0.1, 0.15) is 28.4 Å². The number of nitrogens with one attached hydrogen (secondary N) is 1. The second-order valence-electron chi connectivity index (χ2n) is 5.52. The standard InChI is InChI=1S/C18H16N2O3S/c1-10-8-11(2)16-15(9-10)24-18(19-16)20-17(22)13-4-6-14(7-5-13)23-12(3)21/h4-9H,1-3H3,(H,19,20,22). The molecule has 6 heteroatoms. The topological polar surface area (TPSA) is 68.3 Å². The van der Waals surface area contributed by atoms with E-state index < -0.39 is 5.97 Å². The molecule has 0 spiro atoms. The first kappa shape index (κ1) is 16.1. The molecule has 3 rings (SSSR count). The highest BCUT2D eigenvalue weighted by molar-refractivity contribution is 7.22. The number of hydrogen-bond donors (Lipinski definition) is 1. The van der Waals surface area contributed by atoms with Gasteiger partial charge in [-0.1, -0.05) is 17.4 Å². The van der Waals surface area contributed by atoms with Gasteiger partial charge in [0.2, 0.25) is 0 Å². The number of aromatic nitrogens is 1. The van der Waals surface area contributed by atoms with Gasteiger partial charge in [-0.25, -0.2) is 4.98 Å². The zero-order chi connectivity index (χ0) is 17.3. The number of hydrogen-bond acceptors (Lipinski definition) is 5. The fourth-order valence-corrected chi connectivity index (χ4v) is 3.47. The molecule has 0 radical (unpaired) electrons. The molecular formula is C18H16N2O3S. The number of thiazole rings is 1. The van der Waals surface area contributed by atoms with Gasteiger partial charge in [0.05, 0.1) is 10.2 Å². The van der Waals surface area contributed by atoms with Crippen molar-refractivity contribution in [3.8, 4) is 5.75 Å². The maximum absolute atomic E-state index is 12.3. The molecule has 2 aromatic carbocycles. The van der Waals surface area contributed by atoms with Crippen molar-refractivity contribution in [2.24, 2.45) is 0 Å². The van der Waals surface area contributed by atoms with E-state index in [-0.39, 0.29) is 5.91 Å². The number of esters is 1. The van der Waals surface area contributed by atoms with Crippen LogP contribution < -0.4 is 10.1 Å². The minimum atomic E-state index is -0.396. The molecule has 1 aromatic heterocycles. The van der Waals surface area contributed by atoms with Crippen molar-refractivity contribution in [1.29, 1.82) is 0 Å². The maximum atomic E-state index is 12.3. The van der Waals surface area contributed by atoms with Crippen LogP contribution in [0.15, 0.2) is 36.4 Å². The van der Waals surface area contributed by atoms with Crippen molar-refractivity contribution in [2.45, 2.75) is 20.8 Å². The van der Waals surface area contributed by atoms with Gasteiger partial charge in [-0.05, 0) is 55.3 Å². The lowest BCUT2D eigenvalue weighted by atomic mass is 10.1. The lowest BCUT2D eigenvalue weighted by Crippen LogP contribution is -2.11. The molecule has 1 N–H and O–H groups in total. The molecular weight excluding hydrogens is 324 g/mol. The second-order valence-corrected chi connectivity index (χ2v) is 6.55. The zero-order valence-electron chi connectivity index (χ0n) is 13.5. The van der Waals surface area contributed by atoms with Gasteiger partial charge in [0.25, 0.3) is 5.91 Å². The van der Waals surface area contributed by atoms with Crippen molar-refractivity contribution >= 4 is 38.6 Å². The number of fused-ring (bicyclic) bond motifs is 1. The zero-order valence-corrected chi connectivity index (χ0v) is 14.4. The Hall–Kier alpha value is -2.73. The quantitative estimate of drug-likeness (QED) is 0.576. The lowest BCUT2D eigenvalue weighted by Gasteiger charge is -2.03. The van der Waals surface area contributed by atoms with E-state index in [1.54, 1.807) is 24.3 Å². The first-order chi connectivity index (χ1) is 11.4. The van der Waals surface area contributed by atoms with Gasteiger partial charge in [-0.2, -0.15) is 0 Å². The van der Waals surface area contributed by atoms with Gasteiger partial charge in [-0.15, -0.1) is 0 Å². The van der Waals surface area contributed by atoms with Gasteiger partial charge in [0.15, 0.2) is 5.13 Å². The molecule has 1 heterocycles. The van der Waals surface area contributed by atoms with Crippen LogP contribution in [-0.2, 0) is 4.79 Å². The molecule has 1 amide bonds. The third kappa shape index (κ3) is 3.44. The van der Waals surface area contributed by atoms with Crippen LogP contribution in [0.25, 0.3) is 10.2 Å². The number of carbonyl (C=O) groups excluding carboxylic acids is 2. The molecule has 3 aromatic rings. The SMILES string of the molecule is CC(=O)Oc1ccc(C(=O)Nc2nc3c(C)cc(C)cc3s2)cc1. The van der Waals surface area contributed by atoms with Crippen molar-refractivity contribution in [3.63, 3.8) is 0 Å². The highest BCUT2D eigenvalue weighted by Crippen LogP contribution is 2.29. The summed E-state index contributed by atoms with van der Waals surface area (Å²) in [5, 5.41) is 3.38. The number of aryl methyl sites for hydroxylation is 2. The molecule has 5 nitrogen and oxygen atoms in total. The molecule has 122 valence electrons. The molecule has 0 unspecified atom stereocenters. The average Bonchev–Trinajstić information content (AvgIpc) is 2.90. The summed E-state index contributed by atoms with van der Waals surface area (Å²) in [4.78, 5) is 27.7. The van der Waals surface area contributed by atoms with Crippen LogP contribution in [0.2, 0.25) is 0 Å². The summed E-state index contributed by atoms with van der Waals surface area (Å²) in [6, 6.07) is 10.5. The third-order valence-electron chi connectivity index (χ3n) is 3.43. The Morgan fingerprint density at radius 1 is 1.12 bits per heavy atom. The fourth-order valence-electron chi connectivity index (χ4n) is 2.43. The predicted octanol–water partition coefficient (Wildman–Crippen LogP) is 4.09. The van der Waals surface area contributed by atoms with Crippen LogP contribution >= 0.6 is 11.3 Å². The van der Waals surface area contributed by atoms with Crippen LogP contribution in [0, 0.1) is 13.8 Å². The van der Waals surface area contributed by atoms with Crippen LogP contribution in [0.4, 0.5) is 5.13 Å². The van der Waals surface area contributed by atoms with E-state index in [4.69, 9.17) is 4.74 Å². The molecule has 0 bridgehead atoms. The minimum absolute atomic E-state index is 0.252. The normalized spacial score (nSPS) is 10.6. The Morgan fingerprint density at radius 2 is 1.83 bits per heavy atom. The number of benzene rings is 2. The summed E-state index contributed by atoms with van der Waals surface area (Å²) in [6.07, 6.45) is 0. The van der Waals surface area contributed by atoms with Gasteiger partial charge >= 0.3 is 5.97 Å². The molecule has 24 heavy (non-hydrogen) atoms. The number of rotatable bonds is 3. The van der Waals surface area contributed by atoms with Crippen molar-refractivity contribution < 1.29 is 14.3 Å². The van der Waals surface area contributed by atoms with Gasteiger partial charge in [0.1, 0.15) is 5.75 Å². The van der Waals surface area contributed by atoms with E-state index in [0.717, 1.165) is 15.8 Å². The number of ether oxygens (including phenoxy) is 1. The first-order valence-corrected chi connectivity index (χ1v) is 8.21. The summed E-state index contributed by atoms with van der Waals surface area (Å²) < 4.78 is 6.00. The van der Waals surface area contributed by atoms with E-state index >= 15 is 0 Å². The summed E-state index contributed by atoms with van der Waals surface area (Å²) in [6.45, 7) is 5.38. The summed E-state index contributed by atoms with van der Waals surface area (Å²) in [7, 11) is 0. The van der Waals surface area contributed by atoms with Crippen molar-refractivity contribution in [2.75, 3.05) is 5.32 Å². The summed E-state index contributed by atoms with van der Waals surface area (Å²) >= 11 is 1.45. The molecule has 0 saturated carbocycles. The van der Waals surface area contributed by atoms with E-state index in [1.165, 1.54) is 23.8 Å². The number of carbonyl (C=O) groups is 2. The molecule has 0 aliphatic carbocycles. The Balaban J connectivity index is 1.79. The fraction of sp³-hybridized carbons (Fsp3) is 0.167. The highest BCUT2D eigenvalue weighted by Gasteiger charge is 2.12. The predicted molar refractivity (Wildman–Crippen MR) is 94.8 cm³/mol. The van der Waals surface area contributed by atoms with E-state index in [0.29, 0.717) is 16.4 Å². The Labute approximate surface area is 143 Å². The Bertz CT molecular complexity index is 929. The third-order valence-corrected chi connectivity index (χ3v) is 4.35. The minimum Gasteiger partial charge on any atom is -0.427 e. The second kappa shape index (κ2) is 6.41. The first-order valence-electron chi connectivity index (χ1n) is 7.40. The summed E-state index contributed by atoms with van der Waals surface area (Å²) in [5.74, 6) is -0.240. The van der Waals surface area contributed by atoms with E-state index in [2.05, 4.69) is 22.4 Å². The molecule has 0 aliphatic rings. The van der Waals surface area contributed by atoms with Crippen molar-refractivity contribution in [3.05, 3.63) is 53.1 Å². The van der Waals surface area contributed by atoms with Crippen LogP contribution in [0.5, 0.6) is 5.75 Å². The molecule has 0 fully saturated rings. The molecule has 0 aliphatic heterocycles. The van der Waals surface area contributed by atoms with Crippen molar-refractivity contribution in [1.82, 2.24) is 4.98 Å². The number of amides is 1. The van der Waals surface area contributed by atoms with Crippen LogP contribution in [-0.4, -0.2) is 16.9 Å². The summed E-state index contributed by atoms with van der Waals surface area (Å²) in [5.41, 5.74) is 3.64. The van der Waals surface area contributed by atoms with Gasteiger partial charge in [0, 0.05) is 12.5 Å². The number of anilines is 1. The largest absolute Gasteiger partial charge is 0.427 e. The smallest absolute Gasteiger partial charge is 0.308 e. The Kier molecular flexibility index (Phi) is 4.31. The highest BCUT2D eigenvalue weighted by atomic mass is 32.1. The number of nitrogens with zero attached hydrogens (tertiary/aromatic N) is 1. The van der Waals surface area contributed by atoms with Crippen LogP contribution in [0.3, 0.4) is 0 Å². The van der Waals surface area contributed by atoms with Gasteiger partial charge < -0.3 is 4.74 Å². The maximum Gasteiger partial charge on any atom is 0.308 e. The van der Waals surface area contributed by atoms with E-state index in [1.807, 2.05) is 13.8 Å². The lowest BCUT2D eigenvalue weighted by molar-refractivity contribution is -0.131. The van der Waals surface area contributed by atoms with Gasteiger partial charge in [-0.3, -0.25) is 14.9 Å². The Morgan fingerprint density at radius 3 is 2.50 bits per heavy atom. The molecule has 0 saturated heterocycles. The molecule has 0 atom stereocenters. The van der Waals surface area contributed by atoms with E-state index in [9.17, 15) is 9.59 Å². The monoisotopic (exact) mass is 340 g/mol. The average molecular weight is 340 g/mol.